The van der Waals surface area contributed by atoms with Crippen molar-refractivity contribution < 1.29 is 9.53 Å². The molecule has 3 rings (SSSR count). The van der Waals surface area contributed by atoms with Crippen molar-refractivity contribution in [2.75, 3.05) is 11.9 Å². The van der Waals surface area contributed by atoms with Crippen LogP contribution >= 0.6 is 11.6 Å². The van der Waals surface area contributed by atoms with E-state index in [4.69, 9.17) is 22.1 Å². The maximum atomic E-state index is 11.5. The summed E-state index contributed by atoms with van der Waals surface area (Å²) in [6.45, 7) is 0.727. The van der Waals surface area contributed by atoms with Gasteiger partial charge in [-0.05, 0) is 31.7 Å². The first kappa shape index (κ1) is 15.5. The summed E-state index contributed by atoms with van der Waals surface area (Å²) in [5.41, 5.74) is 5.66. The number of ether oxygens (including phenoxy) is 1. The lowest BCUT2D eigenvalue weighted by atomic mass is 9.78. The Morgan fingerprint density at radius 3 is 2.86 bits per heavy atom. The van der Waals surface area contributed by atoms with E-state index >= 15 is 0 Å². The van der Waals surface area contributed by atoms with Gasteiger partial charge in [0, 0.05) is 12.6 Å². The lowest BCUT2D eigenvalue weighted by Crippen LogP contribution is -2.46. The second-order valence-corrected chi connectivity index (χ2v) is 6.61. The summed E-state index contributed by atoms with van der Waals surface area (Å²) >= 11 is 5.79. The van der Waals surface area contributed by atoms with Crippen LogP contribution in [0.1, 0.15) is 55.3 Å². The van der Waals surface area contributed by atoms with Gasteiger partial charge in [0.25, 0.3) is 5.91 Å². The van der Waals surface area contributed by atoms with Crippen molar-refractivity contribution in [2.45, 2.75) is 56.6 Å². The second kappa shape index (κ2) is 6.38. The average Bonchev–Trinajstić information content (AvgIpc) is 2.50. The third-order valence-electron chi connectivity index (χ3n) is 4.63. The van der Waals surface area contributed by atoms with Gasteiger partial charge in [-0.3, -0.25) is 4.79 Å². The van der Waals surface area contributed by atoms with Crippen LogP contribution in [-0.2, 0) is 4.74 Å². The van der Waals surface area contributed by atoms with Crippen molar-refractivity contribution in [1.29, 1.82) is 0 Å². The molecule has 1 unspecified atom stereocenters. The third-order valence-corrected chi connectivity index (χ3v) is 4.81. The number of nitrogens with one attached hydrogen (secondary N) is 1. The van der Waals surface area contributed by atoms with Crippen LogP contribution in [-0.4, -0.2) is 34.4 Å². The van der Waals surface area contributed by atoms with Crippen molar-refractivity contribution >= 4 is 23.3 Å². The van der Waals surface area contributed by atoms with Crippen molar-refractivity contribution in [2.24, 2.45) is 5.73 Å². The molecule has 1 aromatic heterocycles. The quantitative estimate of drug-likeness (QED) is 0.891. The molecule has 1 aromatic rings. The molecule has 1 saturated heterocycles. The van der Waals surface area contributed by atoms with Gasteiger partial charge in [-0.15, -0.1) is 10.2 Å². The van der Waals surface area contributed by atoms with Gasteiger partial charge in [-0.2, -0.15) is 0 Å². The SMILES string of the molecule is NC(=O)c1cc(Cl)nnc1NC1CCOC2(CCCCC2)C1. The molecular weight excluding hydrogens is 304 g/mol. The highest BCUT2D eigenvalue weighted by Crippen LogP contribution is 2.39. The van der Waals surface area contributed by atoms with Crippen molar-refractivity contribution in [3.63, 3.8) is 0 Å². The maximum absolute atomic E-state index is 11.5. The van der Waals surface area contributed by atoms with Crippen LogP contribution in [0.5, 0.6) is 0 Å². The molecule has 1 aliphatic heterocycles. The Bertz CT molecular complexity index is 555. The molecule has 3 N–H and O–H groups in total. The van der Waals surface area contributed by atoms with E-state index in [9.17, 15) is 4.79 Å². The first-order chi connectivity index (χ1) is 10.6. The van der Waals surface area contributed by atoms with Gasteiger partial charge in [0.2, 0.25) is 0 Å². The lowest BCUT2D eigenvalue weighted by molar-refractivity contribution is -0.103. The highest BCUT2D eigenvalue weighted by atomic mass is 35.5. The number of carbonyl (C=O) groups excluding carboxylic acids is 1. The number of amides is 1. The molecule has 1 aliphatic carbocycles. The minimum Gasteiger partial charge on any atom is -0.375 e. The van der Waals surface area contributed by atoms with Crippen molar-refractivity contribution in [3.8, 4) is 0 Å². The number of primary amides is 1. The first-order valence-corrected chi connectivity index (χ1v) is 8.19. The molecule has 7 heteroatoms. The minimum absolute atomic E-state index is 0.0130. The van der Waals surface area contributed by atoms with Gasteiger partial charge >= 0.3 is 0 Å². The monoisotopic (exact) mass is 324 g/mol. The zero-order valence-electron chi connectivity index (χ0n) is 12.5. The zero-order chi connectivity index (χ0) is 15.6. The number of anilines is 1. The molecule has 22 heavy (non-hydrogen) atoms. The Morgan fingerprint density at radius 1 is 1.36 bits per heavy atom. The van der Waals surface area contributed by atoms with E-state index in [1.807, 2.05) is 0 Å². The predicted octanol–water partition coefficient (Wildman–Crippen LogP) is 2.52. The Kier molecular flexibility index (Phi) is 4.49. The molecule has 0 radical (unpaired) electrons. The van der Waals surface area contributed by atoms with Crippen LogP contribution in [0.25, 0.3) is 0 Å². The molecule has 2 fully saturated rings. The number of rotatable bonds is 3. The number of nitrogens with zero attached hydrogens (tertiary/aromatic N) is 2. The third kappa shape index (κ3) is 3.33. The molecular formula is C15H21ClN4O2. The summed E-state index contributed by atoms with van der Waals surface area (Å²) in [5.74, 6) is -0.145. The number of nitrogens with two attached hydrogens (primary N) is 1. The Balaban J connectivity index is 1.74. The van der Waals surface area contributed by atoms with Gasteiger partial charge in [-0.25, -0.2) is 0 Å². The van der Waals surface area contributed by atoms with Gasteiger partial charge in [0.1, 0.15) is 0 Å². The fraction of sp³-hybridized carbons (Fsp3) is 0.667. The van der Waals surface area contributed by atoms with E-state index in [-0.39, 0.29) is 22.4 Å². The number of hydrogen-bond acceptors (Lipinski definition) is 5. The number of hydrogen-bond donors (Lipinski definition) is 2. The zero-order valence-corrected chi connectivity index (χ0v) is 13.2. The lowest BCUT2D eigenvalue weighted by Gasteiger charge is -2.43. The van der Waals surface area contributed by atoms with Crippen LogP contribution < -0.4 is 11.1 Å². The van der Waals surface area contributed by atoms with Crippen LogP contribution in [0.3, 0.4) is 0 Å². The smallest absolute Gasteiger partial charge is 0.252 e. The number of carbonyl (C=O) groups is 1. The van der Waals surface area contributed by atoms with Crippen LogP contribution in [0.2, 0.25) is 5.15 Å². The summed E-state index contributed by atoms with van der Waals surface area (Å²) in [4.78, 5) is 11.5. The molecule has 1 amide bonds. The average molecular weight is 325 g/mol. The summed E-state index contributed by atoms with van der Waals surface area (Å²) in [6, 6.07) is 1.66. The van der Waals surface area contributed by atoms with E-state index in [0.29, 0.717) is 5.82 Å². The summed E-state index contributed by atoms with van der Waals surface area (Å²) in [7, 11) is 0. The van der Waals surface area contributed by atoms with Gasteiger partial charge in [0.15, 0.2) is 11.0 Å². The van der Waals surface area contributed by atoms with E-state index in [2.05, 4.69) is 15.5 Å². The molecule has 0 aromatic carbocycles. The number of aromatic nitrogens is 2. The molecule has 6 nitrogen and oxygen atoms in total. The molecule has 120 valence electrons. The Morgan fingerprint density at radius 2 is 2.14 bits per heavy atom. The minimum atomic E-state index is -0.557. The first-order valence-electron chi connectivity index (χ1n) is 7.81. The normalized spacial score (nSPS) is 24.1. The number of halogens is 1. The topological polar surface area (TPSA) is 90.1 Å². The molecule has 2 heterocycles. The summed E-state index contributed by atoms with van der Waals surface area (Å²) < 4.78 is 6.08. The van der Waals surface area contributed by atoms with Crippen molar-refractivity contribution in [1.82, 2.24) is 10.2 Å². The Hall–Kier alpha value is -1.40. The molecule has 1 spiro atoms. The van der Waals surface area contributed by atoms with E-state index in [0.717, 1.165) is 32.3 Å². The fourth-order valence-corrected chi connectivity index (χ4v) is 3.70. The van der Waals surface area contributed by atoms with Gasteiger partial charge in [0.05, 0.1) is 11.2 Å². The largest absolute Gasteiger partial charge is 0.375 e. The standard InChI is InChI=1S/C15H21ClN4O2/c16-12-8-11(13(17)21)14(20-19-12)18-10-4-7-22-15(9-10)5-2-1-3-6-15/h8,10H,1-7,9H2,(H2,17,21)(H,18,20). The molecule has 0 bridgehead atoms. The molecule has 1 saturated carbocycles. The maximum Gasteiger partial charge on any atom is 0.252 e. The summed E-state index contributed by atoms with van der Waals surface area (Å²) in [6.07, 6.45) is 7.76. The highest BCUT2D eigenvalue weighted by Gasteiger charge is 2.38. The fourth-order valence-electron chi connectivity index (χ4n) is 3.55. The van der Waals surface area contributed by atoms with E-state index in [1.165, 1.54) is 25.3 Å². The second-order valence-electron chi connectivity index (χ2n) is 6.22. The Labute approximate surface area is 134 Å². The van der Waals surface area contributed by atoms with E-state index < -0.39 is 5.91 Å². The van der Waals surface area contributed by atoms with Crippen molar-refractivity contribution in [3.05, 3.63) is 16.8 Å². The molecule has 2 aliphatic rings. The predicted molar refractivity (Wildman–Crippen MR) is 84.0 cm³/mol. The van der Waals surface area contributed by atoms with Crippen LogP contribution in [0.4, 0.5) is 5.82 Å². The van der Waals surface area contributed by atoms with Gasteiger partial charge in [-0.1, -0.05) is 30.9 Å². The van der Waals surface area contributed by atoms with E-state index in [1.54, 1.807) is 0 Å². The van der Waals surface area contributed by atoms with Crippen LogP contribution in [0, 0.1) is 0 Å². The van der Waals surface area contributed by atoms with Gasteiger partial charge < -0.3 is 15.8 Å². The highest BCUT2D eigenvalue weighted by molar-refractivity contribution is 6.29. The molecule has 1 atom stereocenters. The summed E-state index contributed by atoms with van der Waals surface area (Å²) in [5, 5.41) is 11.3. The van der Waals surface area contributed by atoms with Crippen LogP contribution in [0.15, 0.2) is 6.07 Å².